The summed E-state index contributed by atoms with van der Waals surface area (Å²) in [6, 6.07) is 1.79. The first kappa shape index (κ1) is 11.7. The maximum absolute atomic E-state index is 3.71. The molecule has 3 saturated carbocycles. The average molecular weight is 248 g/mol. The summed E-state index contributed by atoms with van der Waals surface area (Å²) in [5.74, 6) is 3.22. The van der Waals surface area contributed by atoms with Gasteiger partial charge in [0, 0.05) is 25.2 Å². The molecular formula is C16H28N2. The number of nitrogens with zero attached hydrogens (tertiary/aromatic N) is 1. The van der Waals surface area contributed by atoms with E-state index in [1.54, 1.807) is 0 Å². The van der Waals surface area contributed by atoms with Gasteiger partial charge in [-0.15, -0.1) is 0 Å². The number of nitrogens with one attached hydrogen (secondary N) is 1. The van der Waals surface area contributed by atoms with Gasteiger partial charge in [-0.3, -0.25) is 4.90 Å². The van der Waals surface area contributed by atoms with E-state index in [2.05, 4.69) is 10.2 Å². The van der Waals surface area contributed by atoms with Gasteiger partial charge in [0.05, 0.1) is 0 Å². The van der Waals surface area contributed by atoms with Crippen molar-refractivity contribution in [3.8, 4) is 0 Å². The Bertz CT molecular complexity index is 273. The van der Waals surface area contributed by atoms with Crippen LogP contribution in [0, 0.1) is 17.8 Å². The molecule has 18 heavy (non-hydrogen) atoms. The molecule has 0 aromatic carbocycles. The molecule has 1 atom stereocenters. The lowest BCUT2D eigenvalue weighted by atomic mass is 10.0. The standard InChI is InChI=1S/C16H28N2/c1-2-15(17-9-1)11-18(10-12-3-4-12)16(13-5-6-13)14-7-8-14/h12-17H,1-11H2. The second-order valence-corrected chi connectivity index (χ2v) is 7.36. The maximum Gasteiger partial charge on any atom is 0.0195 e. The zero-order valence-electron chi connectivity index (χ0n) is 11.6. The van der Waals surface area contributed by atoms with Crippen LogP contribution in [0.5, 0.6) is 0 Å². The lowest BCUT2D eigenvalue weighted by Gasteiger charge is -2.34. The first-order valence-electron chi connectivity index (χ1n) is 8.37. The molecule has 0 spiro atoms. The van der Waals surface area contributed by atoms with Crippen LogP contribution in [0.2, 0.25) is 0 Å². The largest absolute Gasteiger partial charge is 0.313 e. The molecule has 1 saturated heterocycles. The van der Waals surface area contributed by atoms with Crippen LogP contribution in [-0.4, -0.2) is 36.6 Å². The van der Waals surface area contributed by atoms with Crippen molar-refractivity contribution < 1.29 is 0 Å². The molecule has 4 fully saturated rings. The van der Waals surface area contributed by atoms with Crippen molar-refractivity contribution >= 4 is 0 Å². The summed E-state index contributed by atoms with van der Waals surface area (Å²) >= 11 is 0. The zero-order valence-corrected chi connectivity index (χ0v) is 11.6. The SMILES string of the molecule is C1CNC(CN(CC2CC2)C(C2CC2)C2CC2)C1. The highest BCUT2D eigenvalue weighted by molar-refractivity contribution is 4.99. The predicted octanol–water partition coefficient (Wildman–Crippen LogP) is 2.64. The van der Waals surface area contributed by atoms with E-state index in [4.69, 9.17) is 0 Å². The Morgan fingerprint density at radius 1 is 0.889 bits per heavy atom. The van der Waals surface area contributed by atoms with Gasteiger partial charge in [-0.1, -0.05) is 0 Å². The molecule has 102 valence electrons. The smallest absolute Gasteiger partial charge is 0.0195 e. The number of rotatable bonds is 7. The highest BCUT2D eigenvalue weighted by Crippen LogP contribution is 2.48. The summed E-state index contributed by atoms with van der Waals surface area (Å²) in [6.07, 6.45) is 12.0. The molecule has 0 amide bonds. The molecule has 2 heteroatoms. The van der Waals surface area contributed by atoms with Crippen molar-refractivity contribution in [1.29, 1.82) is 0 Å². The van der Waals surface area contributed by atoms with E-state index in [1.807, 2.05) is 0 Å². The molecular weight excluding hydrogens is 220 g/mol. The molecule has 0 bridgehead atoms. The molecule has 3 aliphatic carbocycles. The Kier molecular flexibility index (Phi) is 3.12. The summed E-state index contributed by atoms with van der Waals surface area (Å²) < 4.78 is 0. The van der Waals surface area contributed by atoms with Crippen LogP contribution in [0.1, 0.15) is 51.4 Å². The minimum atomic E-state index is 0.809. The minimum absolute atomic E-state index is 0.809. The Morgan fingerprint density at radius 3 is 2.11 bits per heavy atom. The van der Waals surface area contributed by atoms with Crippen LogP contribution < -0.4 is 5.32 Å². The van der Waals surface area contributed by atoms with E-state index in [0.29, 0.717) is 0 Å². The summed E-state index contributed by atoms with van der Waals surface area (Å²) in [7, 11) is 0. The summed E-state index contributed by atoms with van der Waals surface area (Å²) in [5, 5.41) is 3.71. The van der Waals surface area contributed by atoms with Crippen molar-refractivity contribution in [3.05, 3.63) is 0 Å². The second-order valence-electron chi connectivity index (χ2n) is 7.36. The van der Waals surface area contributed by atoms with Gasteiger partial charge in [0.2, 0.25) is 0 Å². The van der Waals surface area contributed by atoms with Gasteiger partial charge in [0.25, 0.3) is 0 Å². The van der Waals surface area contributed by atoms with Crippen LogP contribution in [0.15, 0.2) is 0 Å². The topological polar surface area (TPSA) is 15.3 Å². The first-order chi connectivity index (χ1) is 8.90. The van der Waals surface area contributed by atoms with Crippen LogP contribution >= 0.6 is 0 Å². The second kappa shape index (κ2) is 4.79. The fourth-order valence-electron chi connectivity index (χ4n) is 4.00. The average Bonchev–Trinajstić information content (AvgIpc) is 3.16. The van der Waals surface area contributed by atoms with Crippen molar-refractivity contribution in [2.24, 2.45) is 17.8 Å². The first-order valence-corrected chi connectivity index (χ1v) is 8.37. The Morgan fingerprint density at radius 2 is 1.61 bits per heavy atom. The Labute approximate surface area is 111 Å². The molecule has 0 radical (unpaired) electrons. The van der Waals surface area contributed by atoms with Crippen molar-refractivity contribution in [2.45, 2.75) is 63.5 Å². The van der Waals surface area contributed by atoms with E-state index in [9.17, 15) is 0 Å². The summed E-state index contributed by atoms with van der Waals surface area (Å²) in [4.78, 5) is 2.94. The number of hydrogen-bond donors (Lipinski definition) is 1. The van der Waals surface area contributed by atoms with Crippen LogP contribution in [0.25, 0.3) is 0 Å². The van der Waals surface area contributed by atoms with Gasteiger partial charge in [0.1, 0.15) is 0 Å². The van der Waals surface area contributed by atoms with E-state index in [0.717, 1.165) is 29.8 Å². The fraction of sp³-hybridized carbons (Fsp3) is 1.00. The van der Waals surface area contributed by atoms with E-state index in [-0.39, 0.29) is 0 Å². The van der Waals surface area contributed by atoms with Gasteiger partial charge in [0.15, 0.2) is 0 Å². The quantitative estimate of drug-likeness (QED) is 0.745. The van der Waals surface area contributed by atoms with Gasteiger partial charge in [-0.25, -0.2) is 0 Å². The van der Waals surface area contributed by atoms with Crippen molar-refractivity contribution in [3.63, 3.8) is 0 Å². The molecule has 2 nitrogen and oxygen atoms in total. The molecule has 1 unspecified atom stereocenters. The molecule has 1 aliphatic heterocycles. The summed E-state index contributed by atoms with van der Waals surface area (Å²) in [5.41, 5.74) is 0. The molecule has 0 aromatic rings. The maximum atomic E-state index is 3.71. The highest BCUT2D eigenvalue weighted by Gasteiger charge is 2.45. The molecule has 0 aromatic heterocycles. The number of hydrogen-bond acceptors (Lipinski definition) is 2. The normalized spacial score (nSPS) is 32.7. The van der Waals surface area contributed by atoms with E-state index < -0.39 is 0 Å². The van der Waals surface area contributed by atoms with Crippen LogP contribution in [0.3, 0.4) is 0 Å². The Balaban J connectivity index is 1.41. The Hall–Kier alpha value is -0.0800. The third-order valence-electron chi connectivity index (χ3n) is 5.44. The van der Waals surface area contributed by atoms with Gasteiger partial charge >= 0.3 is 0 Å². The predicted molar refractivity (Wildman–Crippen MR) is 74.6 cm³/mol. The lowest BCUT2D eigenvalue weighted by Crippen LogP contribution is -2.46. The third-order valence-corrected chi connectivity index (χ3v) is 5.44. The molecule has 4 rings (SSSR count). The highest BCUT2D eigenvalue weighted by atomic mass is 15.2. The molecule has 4 aliphatic rings. The van der Waals surface area contributed by atoms with E-state index in [1.165, 1.54) is 71.0 Å². The van der Waals surface area contributed by atoms with Crippen molar-refractivity contribution in [1.82, 2.24) is 10.2 Å². The molecule has 1 N–H and O–H groups in total. The molecule has 1 heterocycles. The third kappa shape index (κ3) is 2.75. The van der Waals surface area contributed by atoms with Gasteiger partial charge in [-0.05, 0) is 75.7 Å². The fourth-order valence-corrected chi connectivity index (χ4v) is 4.00. The lowest BCUT2D eigenvalue weighted by molar-refractivity contribution is 0.137. The van der Waals surface area contributed by atoms with Crippen LogP contribution in [-0.2, 0) is 0 Å². The zero-order chi connectivity index (χ0) is 11.9. The summed E-state index contributed by atoms with van der Waals surface area (Å²) in [6.45, 7) is 4.05. The van der Waals surface area contributed by atoms with Crippen LogP contribution in [0.4, 0.5) is 0 Å². The minimum Gasteiger partial charge on any atom is -0.313 e. The van der Waals surface area contributed by atoms with Gasteiger partial charge in [-0.2, -0.15) is 0 Å². The van der Waals surface area contributed by atoms with E-state index >= 15 is 0 Å². The van der Waals surface area contributed by atoms with Gasteiger partial charge < -0.3 is 5.32 Å². The monoisotopic (exact) mass is 248 g/mol. The van der Waals surface area contributed by atoms with Crippen molar-refractivity contribution in [2.75, 3.05) is 19.6 Å².